The number of aromatic nitrogens is 2. The van der Waals surface area contributed by atoms with Crippen molar-refractivity contribution in [2.45, 2.75) is 108 Å². The fraction of sp³-hybridized carbons (Fsp3) is 0.147. The lowest BCUT2D eigenvalue weighted by Crippen LogP contribution is -2.34. The maximum absolute atomic E-state index is 2.71. The average molecular weight is 1800 g/mol. The van der Waals surface area contributed by atoms with Gasteiger partial charge in [-0.15, -0.1) is 0 Å². The van der Waals surface area contributed by atoms with Crippen molar-refractivity contribution in [1.82, 2.24) is 9.13 Å². The SMILES string of the molecule is CC(C)(C)C1=CC2C(C=C1)c1ccc(C(C)(C)C)cc1C21c2ccccc2-c2ccc(N(c3ccccc3C3=CC=CC4C3c3ccccc3C4(C)Cc3cc(N(c4ccc(-n5c6ccccc6c6ccccc65)cc4)c4ccccc4-c4cccc5c4-c4ccccc4C5(C)C)cc4c3-c3ccccc3C4(c3ccccc3)c3ccccc3)c3cccc4c3c3ccccc3n4-c3ccccc3)cc21. The van der Waals surface area contributed by atoms with Gasteiger partial charge in [0.1, 0.15) is 0 Å². The van der Waals surface area contributed by atoms with Crippen molar-refractivity contribution in [3.8, 4) is 55.9 Å². The van der Waals surface area contributed by atoms with Gasteiger partial charge >= 0.3 is 0 Å². The molecule has 6 atom stereocenters. The minimum atomic E-state index is -0.766. The molecule has 0 radical (unpaired) electrons. The van der Waals surface area contributed by atoms with Crippen LogP contribution in [0.15, 0.2) is 461 Å². The Balaban J connectivity index is 0.678. The zero-order valence-electron chi connectivity index (χ0n) is 80.6. The molecule has 140 heavy (non-hydrogen) atoms. The number of benzene rings is 18. The molecule has 20 aromatic rings. The monoisotopic (exact) mass is 1800 g/mol. The van der Waals surface area contributed by atoms with Crippen molar-refractivity contribution in [1.29, 1.82) is 0 Å². The number of hydrogen-bond acceptors (Lipinski definition) is 2. The highest BCUT2D eigenvalue weighted by Gasteiger charge is 2.59. The molecule has 1 spiro atoms. The van der Waals surface area contributed by atoms with Gasteiger partial charge in [0.05, 0.1) is 50.0 Å². The number of rotatable bonds is 14. The van der Waals surface area contributed by atoms with E-state index >= 15 is 0 Å². The standard InChI is InChI=1S/C136H108N4/c1-131(2,3)89-70-77-97-98-78-71-90(132(4,5)6)82-117(98)136(116(97)81-89)112-59-30-19-46-96(112)99-79-76-94(83-118(99)136)140(126-69-39-68-125-130(126)109-54-27-36-67-124(109)139(125)91-44-17-12-18-45-91)123-66-35-26-50-103(123)105-56-38-62-115-129(105)107-52-21-29-58-111(107)134(115,9)85-86-80-95(84-119-127(86)108-53-22-31-60-113(108)135(119,87-40-13-10-14-41-87)88-42-15-11-16-43-88)137(92-72-74-93(75-73-92)138-121-64-33-23-47-100(121)101-48-24-34-65-122(101)138)120-63-32-25-49-102(120)104-55-37-61-114-128(104)106-51-20-28-57-110(106)133(114,7)8/h10-84,97,115-116,129H,85H2,1-9H3. The minimum absolute atomic E-state index is 0.0162. The Morgan fingerprint density at radius 3 is 1.53 bits per heavy atom. The third kappa shape index (κ3) is 12.0. The molecule has 4 heteroatoms. The normalized spacial score (nSPS) is 18.8. The summed E-state index contributed by atoms with van der Waals surface area (Å²) in [6, 6.07) is 162. The van der Waals surface area contributed by atoms with Crippen LogP contribution in [0.5, 0.6) is 0 Å². The molecular formula is C136H108N4. The highest BCUT2D eigenvalue weighted by atomic mass is 15.2. The molecule has 0 saturated heterocycles. The second-order valence-corrected chi connectivity index (χ2v) is 43.0. The summed E-state index contributed by atoms with van der Waals surface area (Å²) in [5.41, 5.74) is 44.0. The number of allylic oxidation sites excluding steroid dienone is 8. The van der Waals surface area contributed by atoms with Crippen molar-refractivity contribution < 1.29 is 0 Å². The van der Waals surface area contributed by atoms with Gasteiger partial charge in [-0.1, -0.05) is 414 Å². The van der Waals surface area contributed by atoms with Crippen LogP contribution in [-0.2, 0) is 33.5 Å². The summed E-state index contributed by atoms with van der Waals surface area (Å²) in [5, 5.41) is 4.87. The lowest BCUT2D eigenvalue weighted by molar-refractivity contribution is 0.361. The van der Waals surface area contributed by atoms with Crippen LogP contribution in [0, 0.1) is 17.3 Å². The summed E-state index contributed by atoms with van der Waals surface area (Å²) >= 11 is 0. The number of hydrogen-bond donors (Lipinski definition) is 0. The molecule has 0 saturated carbocycles. The molecular weight excluding hydrogens is 1690 g/mol. The first-order valence-electron chi connectivity index (χ1n) is 50.2. The third-order valence-electron chi connectivity index (χ3n) is 33.4. The Bertz CT molecular complexity index is 8600. The Kier molecular flexibility index (Phi) is 18.5. The predicted octanol–water partition coefficient (Wildman–Crippen LogP) is 34.9. The van der Waals surface area contributed by atoms with Gasteiger partial charge in [0.2, 0.25) is 0 Å². The molecule has 672 valence electrons. The molecule has 2 heterocycles. The molecule has 4 nitrogen and oxygen atoms in total. The van der Waals surface area contributed by atoms with Crippen molar-refractivity contribution >= 4 is 83.3 Å². The van der Waals surface area contributed by atoms with Crippen LogP contribution in [0.4, 0.5) is 34.1 Å². The number of para-hydroxylation sites is 6. The Morgan fingerprint density at radius 1 is 0.321 bits per heavy atom. The van der Waals surface area contributed by atoms with Crippen LogP contribution >= 0.6 is 0 Å². The summed E-state index contributed by atoms with van der Waals surface area (Å²) in [5.74, 6) is 0.170. The van der Waals surface area contributed by atoms with Crippen molar-refractivity contribution in [3.63, 3.8) is 0 Å². The van der Waals surface area contributed by atoms with Crippen molar-refractivity contribution in [2.24, 2.45) is 17.3 Å². The molecule has 6 unspecified atom stereocenters. The molecule has 0 aliphatic heterocycles. The van der Waals surface area contributed by atoms with Gasteiger partial charge in [0.15, 0.2) is 0 Å². The molecule has 27 rings (SSSR count). The number of nitrogens with zero attached hydrogens (tertiary/aromatic N) is 4. The molecule has 18 aromatic carbocycles. The van der Waals surface area contributed by atoms with Crippen LogP contribution < -0.4 is 9.80 Å². The zero-order valence-corrected chi connectivity index (χ0v) is 80.6. The highest BCUT2D eigenvalue weighted by Crippen LogP contribution is 2.69. The largest absolute Gasteiger partial charge is 0.310 e. The van der Waals surface area contributed by atoms with Gasteiger partial charge in [-0.25, -0.2) is 0 Å². The van der Waals surface area contributed by atoms with E-state index in [9.17, 15) is 0 Å². The number of anilines is 6. The van der Waals surface area contributed by atoms with Gasteiger partial charge < -0.3 is 18.9 Å². The molecule has 0 bridgehead atoms. The summed E-state index contributed by atoms with van der Waals surface area (Å²) in [7, 11) is 0. The van der Waals surface area contributed by atoms with Crippen LogP contribution in [0.2, 0.25) is 0 Å². The molecule has 7 aliphatic rings. The van der Waals surface area contributed by atoms with E-state index in [4.69, 9.17) is 0 Å². The first-order valence-corrected chi connectivity index (χ1v) is 50.2. The van der Waals surface area contributed by atoms with Gasteiger partial charge in [0, 0.05) is 89.7 Å². The maximum atomic E-state index is 2.71. The summed E-state index contributed by atoms with van der Waals surface area (Å²) < 4.78 is 4.94. The van der Waals surface area contributed by atoms with E-state index < -0.39 is 16.2 Å². The Morgan fingerprint density at radius 2 is 0.836 bits per heavy atom. The van der Waals surface area contributed by atoms with Crippen molar-refractivity contribution in [2.75, 3.05) is 9.80 Å². The van der Waals surface area contributed by atoms with Gasteiger partial charge in [-0.05, 0) is 254 Å². The third-order valence-corrected chi connectivity index (χ3v) is 33.4. The van der Waals surface area contributed by atoms with E-state index in [-0.39, 0.29) is 39.9 Å². The van der Waals surface area contributed by atoms with Crippen LogP contribution in [0.1, 0.15) is 158 Å². The smallest absolute Gasteiger partial charge is 0.0714 e. The first kappa shape index (κ1) is 83.5. The molecule has 2 aromatic heterocycles. The topological polar surface area (TPSA) is 16.3 Å². The summed E-state index contributed by atoms with van der Waals surface area (Å²) in [4.78, 5) is 5.34. The van der Waals surface area contributed by atoms with Gasteiger partial charge in [0.25, 0.3) is 0 Å². The van der Waals surface area contributed by atoms with Gasteiger partial charge in [-0.3, -0.25) is 0 Å². The van der Waals surface area contributed by atoms with E-state index in [0.29, 0.717) is 6.42 Å². The molecule has 7 aliphatic carbocycles. The van der Waals surface area contributed by atoms with Crippen LogP contribution in [0.25, 0.3) is 105 Å². The number of fused-ring (bicyclic) bond motifs is 25. The molecule has 0 amide bonds. The first-order chi connectivity index (χ1) is 68.4. The average Bonchev–Trinajstić information content (AvgIpc) is 1.50. The quantitative estimate of drug-likeness (QED) is 0.108. The van der Waals surface area contributed by atoms with Crippen LogP contribution in [-0.4, -0.2) is 9.13 Å². The van der Waals surface area contributed by atoms with Gasteiger partial charge in [-0.2, -0.15) is 0 Å². The predicted molar refractivity (Wildman–Crippen MR) is 585 cm³/mol. The Hall–Kier alpha value is -15.9. The summed E-state index contributed by atoms with van der Waals surface area (Å²) in [6.07, 6.45) is 16.0. The fourth-order valence-corrected chi connectivity index (χ4v) is 27.3. The second kappa shape index (κ2) is 31.1. The fourth-order valence-electron chi connectivity index (χ4n) is 27.3. The zero-order chi connectivity index (χ0) is 94.0. The second-order valence-electron chi connectivity index (χ2n) is 43.0. The van der Waals surface area contributed by atoms with Crippen LogP contribution in [0.3, 0.4) is 0 Å². The van der Waals surface area contributed by atoms with E-state index in [0.717, 1.165) is 62.1 Å². The van der Waals surface area contributed by atoms with E-state index in [1.165, 1.54) is 166 Å². The molecule has 0 fully saturated rings. The maximum Gasteiger partial charge on any atom is 0.0714 e. The lowest BCUT2D eigenvalue weighted by Gasteiger charge is -2.39. The molecule has 0 N–H and O–H groups in total. The van der Waals surface area contributed by atoms with E-state index in [1.807, 2.05) is 0 Å². The van der Waals surface area contributed by atoms with E-state index in [1.54, 1.807) is 0 Å². The Labute approximate surface area is 821 Å². The lowest BCUT2D eigenvalue weighted by atomic mass is 9.63. The van der Waals surface area contributed by atoms with Crippen molar-refractivity contribution in [3.05, 3.63) is 544 Å². The summed E-state index contributed by atoms with van der Waals surface area (Å²) in [6.45, 7) is 21.8. The minimum Gasteiger partial charge on any atom is -0.310 e. The highest BCUT2D eigenvalue weighted by molar-refractivity contribution is 6.17. The van der Waals surface area contributed by atoms with E-state index in [2.05, 4.69) is 536 Å².